The molecule has 0 bridgehead atoms. The lowest BCUT2D eigenvalue weighted by Gasteiger charge is -2.40. The number of pyridine rings is 1. The maximum absolute atomic E-state index is 12.5. The van der Waals surface area contributed by atoms with Gasteiger partial charge in [0.25, 0.3) is 5.56 Å². The van der Waals surface area contributed by atoms with Crippen molar-refractivity contribution in [3.05, 3.63) is 39.2 Å². The van der Waals surface area contributed by atoms with E-state index in [1.54, 1.807) is 25.4 Å². The number of aromatic nitrogens is 3. The van der Waals surface area contributed by atoms with Gasteiger partial charge in [-0.1, -0.05) is 6.92 Å². The molecule has 3 heterocycles. The number of hydrogen-bond acceptors (Lipinski definition) is 4. The topological polar surface area (TPSA) is 66.1 Å². The quantitative estimate of drug-likeness (QED) is 0.819. The predicted molar refractivity (Wildman–Crippen MR) is 74.8 cm³/mol. The van der Waals surface area contributed by atoms with Crippen LogP contribution >= 0.6 is 0 Å². The van der Waals surface area contributed by atoms with Gasteiger partial charge in [-0.3, -0.25) is 13.9 Å². The van der Waals surface area contributed by atoms with Crippen molar-refractivity contribution in [2.75, 3.05) is 13.2 Å². The maximum atomic E-state index is 12.5. The van der Waals surface area contributed by atoms with Crippen LogP contribution in [0.15, 0.2) is 27.9 Å². The first-order chi connectivity index (χ1) is 9.58. The van der Waals surface area contributed by atoms with Crippen molar-refractivity contribution in [2.24, 2.45) is 12.5 Å². The fourth-order valence-electron chi connectivity index (χ4n) is 2.60. The van der Waals surface area contributed by atoms with Gasteiger partial charge in [0.1, 0.15) is 0 Å². The van der Waals surface area contributed by atoms with Crippen LogP contribution in [0.3, 0.4) is 0 Å². The molecular formula is C14H17N3O3. The first kappa shape index (κ1) is 13.1. The highest BCUT2D eigenvalue weighted by Crippen LogP contribution is 2.32. The first-order valence-corrected chi connectivity index (χ1v) is 6.70. The van der Waals surface area contributed by atoms with Crippen LogP contribution in [0.1, 0.15) is 13.3 Å². The van der Waals surface area contributed by atoms with E-state index >= 15 is 0 Å². The fraction of sp³-hybridized carbons (Fsp3) is 0.500. The molecule has 0 aromatic carbocycles. The summed E-state index contributed by atoms with van der Waals surface area (Å²) in [6.07, 6.45) is 2.45. The molecule has 6 heteroatoms. The summed E-state index contributed by atoms with van der Waals surface area (Å²) in [5.74, 6) is 0. The van der Waals surface area contributed by atoms with Gasteiger partial charge in [0.05, 0.1) is 18.7 Å². The second-order valence-corrected chi connectivity index (χ2v) is 5.45. The van der Waals surface area contributed by atoms with Crippen LogP contribution in [0.4, 0.5) is 0 Å². The summed E-state index contributed by atoms with van der Waals surface area (Å²) in [4.78, 5) is 29.0. The zero-order valence-electron chi connectivity index (χ0n) is 11.6. The summed E-state index contributed by atoms with van der Waals surface area (Å²) < 4.78 is 8.03. The van der Waals surface area contributed by atoms with Gasteiger partial charge in [-0.05, 0) is 18.6 Å². The molecule has 0 saturated carbocycles. The first-order valence-electron chi connectivity index (χ1n) is 6.70. The molecule has 1 aliphatic rings. The summed E-state index contributed by atoms with van der Waals surface area (Å²) >= 11 is 0. The Morgan fingerprint density at radius 3 is 2.75 bits per heavy atom. The highest BCUT2D eigenvalue weighted by molar-refractivity contribution is 5.72. The minimum absolute atomic E-state index is 0.0988. The minimum atomic E-state index is -0.316. The van der Waals surface area contributed by atoms with E-state index in [2.05, 4.69) is 11.9 Å². The van der Waals surface area contributed by atoms with E-state index in [1.165, 1.54) is 9.13 Å². The Labute approximate surface area is 115 Å². The highest BCUT2D eigenvalue weighted by Gasteiger charge is 2.38. The van der Waals surface area contributed by atoms with E-state index in [0.29, 0.717) is 30.8 Å². The molecule has 0 atom stereocenters. The van der Waals surface area contributed by atoms with Gasteiger partial charge in [-0.2, -0.15) is 0 Å². The molecule has 0 aliphatic carbocycles. The molecule has 6 nitrogen and oxygen atoms in total. The van der Waals surface area contributed by atoms with Crippen LogP contribution in [-0.2, 0) is 18.3 Å². The van der Waals surface area contributed by atoms with Crippen LogP contribution in [-0.4, -0.2) is 27.3 Å². The number of aryl methyl sites for hydroxylation is 1. The third kappa shape index (κ3) is 1.79. The third-order valence-electron chi connectivity index (χ3n) is 4.17. The Morgan fingerprint density at radius 1 is 1.40 bits per heavy atom. The van der Waals surface area contributed by atoms with Crippen LogP contribution < -0.4 is 11.2 Å². The summed E-state index contributed by atoms with van der Waals surface area (Å²) in [6.45, 7) is 3.64. The van der Waals surface area contributed by atoms with Crippen LogP contribution in [0.25, 0.3) is 11.0 Å². The second-order valence-electron chi connectivity index (χ2n) is 5.45. The van der Waals surface area contributed by atoms with Crippen molar-refractivity contribution < 1.29 is 4.74 Å². The molecule has 2 aromatic rings. The van der Waals surface area contributed by atoms with Crippen molar-refractivity contribution in [1.29, 1.82) is 0 Å². The van der Waals surface area contributed by atoms with E-state index in [0.717, 1.165) is 6.42 Å². The zero-order valence-corrected chi connectivity index (χ0v) is 11.6. The Balaban J connectivity index is 2.21. The second kappa shape index (κ2) is 4.56. The highest BCUT2D eigenvalue weighted by atomic mass is 16.5. The molecule has 1 fully saturated rings. The number of nitrogens with zero attached hydrogens (tertiary/aromatic N) is 3. The maximum Gasteiger partial charge on any atom is 0.331 e. The molecule has 0 unspecified atom stereocenters. The third-order valence-corrected chi connectivity index (χ3v) is 4.17. The molecule has 1 aliphatic heterocycles. The molecule has 106 valence electrons. The zero-order chi connectivity index (χ0) is 14.3. The van der Waals surface area contributed by atoms with Gasteiger partial charge in [-0.15, -0.1) is 0 Å². The number of fused-ring (bicyclic) bond motifs is 1. The Morgan fingerprint density at radius 2 is 2.15 bits per heavy atom. The Bertz CT molecular complexity index is 766. The largest absolute Gasteiger partial charge is 0.380 e. The molecule has 0 spiro atoms. The van der Waals surface area contributed by atoms with E-state index in [9.17, 15) is 9.59 Å². The molecule has 1 saturated heterocycles. The smallest absolute Gasteiger partial charge is 0.331 e. The van der Waals surface area contributed by atoms with Gasteiger partial charge in [0.2, 0.25) is 0 Å². The van der Waals surface area contributed by atoms with Crippen LogP contribution in [0.5, 0.6) is 0 Å². The fourth-order valence-corrected chi connectivity index (χ4v) is 2.60. The van der Waals surface area contributed by atoms with E-state index in [4.69, 9.17) is 4.74 Å². The van der Waals surface area contributed by atoms with Crippen molar-refractivity contribution in [2.45, 2.75) is 19.9 Å². The van der Waals surface area contributed by atoms with Gasteiger partial charge >= 0.3 is 5.69 Å². The lowest BCUT2D eigenvalue weighted by atomic mass is 9.83. The average molecular weight is 275 g/mol. The molecule has 0 radical (unpaired) electrons. The predicted octanol–water partition coefficient (Wildman–Crippen LogP) is 0.522. The Kier molecular flexibility index (Phi) is 2.97. The molecule has 2 aromatic heterocycles. The van der Waals surface area contributed by atoms with Gasteiger partial charge in [-0.25, -0.2) is 9.78 Å². The minimum Gasteiger partial charge on any atom is -0.380 e. The van der Waals surface area contributed by atoms with Crippen LogP contribution in [0, 0.1) is 5.41 Å². The van der Waals surface area contributed by atoms with Gasteiger partial charge < -0.3 is 4.74 Å². The number of ether oxygens (including phenoxy) is 1. The number of rotatable bonds is 3. The summed E-state index contributed by atoms with van der Waals surface area (Å²) in [6, 6.07) is 3.45. The normalized spacial score (nSPS) is 17.1. The standard InChI is InChI=1S/C14H17N3O3/c1-3-14(8-20-9-14)7-17-12(18)11-10(5-4-6-15-11)16(2)13(17)19/h4-6H,3,7-9H2,1-2H3. The van der Waals surface area contributed by atoms with Gasteiger partial charge in [0, 0.05) is 25.2 Å². The van der Waals surface area contributed by atoms with Gasteiger partial charge in [0.15, 0.2) is 5.52 Å². The number of hydrogen-bond donors (Lipinski definition) is 0. The van der Waals surface area contributed by atoms with Crippen molar-refractivity contribution in [3.8, 4) is 0 Å². The van der Waals surface area contributed by atoms with E-state index in [-0.39, 0.29) is 16.7 Å². The summed E-state index contributed by atoms with van der Waals surface area (Å²) in [5.41, 5.74) is 0.187. The lowest BCUT2D eigenvalue weighted by Crippen LogP contribution is -2.51. The summed E-state index contributed by atoms with van der Waals surface area (Å²) in [5, 5.41) is 0. The average Bonchev–Trinajstić information content (AvgIpc) is 2.44. The van der Waals surface area contributed by atoms with Crippen molar-refractivity contribution >= 4 is 11.0 Å². The lowest BCUT2D eigenvalue weighted by molar-refractivity contribution is -0.124. The Hall–Kier alpha value is -1.95. The van der Waals surface area contributed by atoms with Crippen molar-refractivity contribution in [1.82, 2.24) is 14.1 Å². The molecular weight excluding hydrogens is 258 g/mol. The summed E-state index contributed by atoms with van der Waals surface area (Å²) in [7, 11) is 1.66. The molecule has 20 heavy (non-hydrogen) atoms. The van der Waals surface area contributed by atoms with Crippen molar-refractivity contribution in [3.63, 3.8) is 0 Å². The van der Waals surface area contributed by atoms with Crippen LogP contribution in [0.2, 0.25) is 0 Å². The van der Waals surface area contributed by atoms with E-state index in [1.807, 2.05) is 0 Å². The SMILES string of the molecule is CCC1(Cn2c(=O)c3ncccc3n(C)c2=O)COC1. The molecule has 0 N–H and O–H groups in total. The molecule has 0 amide bonds. The van der Waals surface area contributed by atoms with E-state index < -0.39 is 0 Å². The monoisotopic (exact) mass is 275 g/mol. The molecule has 3 rings (SSSR count).